The third kappa shape index (κ3) is 7.99. The van der Waals surface area contributed by atoms with Gasteiger partial charge in [-0.2, -0.15) is 0 Å². The molecule has 1 amide bonds. The fourth-order valence-corrected chi connectivity index (χ4v) is 1.80. The minimum atomic E-state index is -1.14. The zero-order valence-corrected chi connectivity index (χ0v) is 9.81. The molecule has 5 nitrogen and oxygen atoms in total. The van der Waals surface area contributed by atoms with E-state index < -0.39 is 22.3 Å². The van der Waals surface area contributed by atoms with E-state index in [1.807, 2.05) is 0 Å². The number of rotatable bonds is 5. The fraction of sp³-hybridized carbons (Fsp3) is 0.667. The SMILES string of the molecule is CC(=O)NCC(C)(C)SC(=O)CC(=O)O. The van der Waals surface area contributed by atoms with Crippen LogP contribution in [0.4, 0.5) is 0 Å². The van der Waals surface area contributed by atoms with Crippen LogP contribution in [0.15, 0.2) is 0 Å². The summed E-state index contributed by atoms with van der Waals surface area (Å²) in [7, 11) is 0. The van der Waals surface area contributed by atoms with Gasteiger partial charge in [-0.25, -0.2) is 0 Å². The number of carboxylic acids is 1. The summed E-state index contributed by atoms with van der Waals surface area (Å²) < 4.78 is -0.488. The summed E-state index contributed by atoms with van der Waals surface area (Å²) in [6.45, 7) is 5.26. The van der Waals surface area contributed by atoms with Gasteiger partial charge in [-0.15, -0.1) is 0 Å². The molecular weight excluding hydrogens is 218 g/mol. The summed E-state index contributed by atoms with van der Waals surface area (Å²) in [4.78, 5) is 32.1. The molecule has 0 aliphatic heterocycles. The van der Waals surface area contributed by atoms with Crippen molar-refractivity contribution in [3.63, 3.8) is 0 Å². The fourth-order valence-electron chi connectivity index (χ4n) is 0.841. The molecule has 0 atom stereocenters. The molecular formula is C9H15NO4S. The molecule has 0 heterocycles. The number of thioether (sulfide) groups is 1. The maximum atomic E-state index is 11.2. The van der Waals surface area contributed by atoms with Gasteiger partial charge in [0.1, 0.15) is 6.42 Å². The topological polar surface area (TPSA) is 83.5 Å². The van der Waals surface area contributed by atoms with Gasteiger partial charge >= 0.3 is 5.97 Å². The summed E-state index contributed by atoms with van der Waals surface area (Å²) in [6.07, 6.45) is -0.492. The molecule has 0 bridgehead atoms. The highest BCUT2D eigenvalue weighted by atomic mass is 32.2. The first-order chi connectivity index (χ1) is 6.73. The van der Waals surface area contributed by atoms with E-state index in [4.69, 9.17) is 5.11 Å². The Kier molecular flexibility index (Phi) is 5.35. The lowest BCUT2D eigenvalue weighted by Gasteiger charge is -2.22. The lowest BCUT2D eigenvalue weighted by atomic mass is 10.2. The van der Waals surface area contributed by atoms with Crippen molar-refractivity contribution in [2.45, 2.75) is 31.9 Å². The molecule has 0 fully saturated rings. The Morgan fingerprint density at radius 1 is 1.33 bits per heavy atom. The Bertz CT molecular complexity index is 275. The summed E-state index contributed by atoms with van der Waals surface area (Å²) in [5.74, 6) is -1.31. The highest BCUT2D eigenvalue weighted by molar-refractivity contribution is 8.14. The van der Waals surface area contributed by atoms with E-state index in [0.717, 1.165) is 11.8 Å². The van der Waals surface area contributed by atoms with Crippen LogP contribution in [0.3, 0.4) is 0 Å². The van der Waals surface area contributed by atoms with Crippen LogP contribution >= 0.6 is 11.8 Å². The molecule has 0 aliphatic carbocycles. The van der Waals surface area contributed by atoms with Crippen LogP contribution in [0, 0.1) is 0 Å². The van der Waals surface area contributed by atoms with E-state index in [0.29, 0.717) is 6.54 Å². The minimum Gasteiger partial charge on any atom is -0.481 e. The molecule has 0 saturated carbocycles. The van der Waals surface area contributed by atoms with E-state index in [-0.39, 0.29) is 5.91 Å². The maximum Gasteiger partial charge on any atom is 0.311 e. The molecule has 2 N–H and O–H groups in total. The van der Waals surface area contributed by atoms with Crippen molar-refractivity contribution in [1.82, 2.24) is 5.32 Å². The largest absolute Gasteiger partial charge is 0.481 e. The predicted octanol–water partition coefficient (Wildman–Crippen LogP) is 0.636. The average Bonchev–Trinajstić information content (AvgIpc) is 1.98. The van der Waals surface area contributed by atoms with Crippen molar-refractivity contribution in [2.75, 3.05) is 6.54 Å². The van der Waals surface area contributed by atoms with Crippen molar-refractivity contribution in [3.05, 3.63) is 0 Å². The Hall–Kier alpha value is -1.04. The summed E-state index contributed by atoms with van der Waals surface area (Å²) in [5.41, 5.74) is 0. The first-order valence-electron chi connectivity index (χ1n) is 4.41. The zero-order valence-electron chi connectivity index (χ0n) is 8.99. The Morgan fingerprint density at radius 2 is 1.87 bits per heavy atom. The van der Waals surface area contributed by atoms with Crippen molar-refractivity contribution in [2.24, 2.45) is 0 Å². The van der Waals surface area contributed by atoms with Gasteiger partial charge in [0.2, 0.25) is 11.0 Å². The minimum absolute atomic E-state index is 0.172. The van der Waals surface area contributed by atoms with Gasteiger partial charge < -0.3 is 10.4 Å². The standard InChI is InChI=1S/C9H15NO4S/c1-6(11)10-5-9(2,3)15-8(14)4-7(12)13/h4-5H2,1-3H3,(H,10,11)(H,12,13). The van der Waals surface area contributed by atoms with Gasteiger partial charge in [-0.1, -0.05) is 11.8 Å². The molecule has 0 unspecified atom stereocenters. The predicted molar refractivity (Wildman–Crippen MR) is 57.6 cm³/mol. The normalized spacial score (nSPS) is 10.9. The van der Waals surface area contributed by atoms with E-state index in [9.17, 15) is 14.4 Å². The smallest absolute Gasteiger partial charge is 0.311 e. The van der Waals surface area contributed by atoms with E-state index >= 15 is 0 Å². The van der Waals surface area contributed by atoms with Crippen LogP contribution in [0.5, 0.6) is 0 Å². The number of hydrogen-bond acceptors (Lipinski definition) is 4. The quantitative estimate of drug-likeness (QED) is 0.681. The number of hydrogen-bond donors (Lipinski definition) is 2. The molecule has 15 heavy (non-hydrogen) atoms. The van der Waals surface area contributed by atoms with E-state index in [1.165, 1.54) is 6.92 Å². The number of carboxylic acid groups (broad SMARTS) is 1. The highest BCUT2D eigenvalue weighted by Crippen LogP contribution is 2.25. The van der Waals surface area contributed by atoms with Gasteiger partial charge in [0.05, 0.1) is 0 Å². The summed E-state index contributed by atoms with van der Waals surface area (Å²) in [6, 6.07) is 0. The van der Waals surface area contributed by atoms with Crippen molar-refractivity contribution in [1.29, 1.82) is 0 Å². The Balaban J connectivity index is 4.06. The second-order valence-electron chi connectivity index (χ2n) is 3.71. The monoisotopic (exact) mass is 233 g/mol. The number of amides is 1. The van der Waals surface area contributed by atoms with E-state index in [2.05, 4.69) is 5.32 Å². The van der Waals surface area contributed by atoms with Gasteiger partial charge in [-0.3, -0.25) is 14.4 Å². The summed E-state index contributed by atoms with van der Waals surface area (Å²) >= 11 is 0.938. The molecule has 0 saturated heterocycles. The first-order valence-corrected chi connectivity index (χ1v) is 5.22. The van der Waals surface area contributed by atoms with Crippen LogP contribution in [-0.4, -0.2) is 33.4 Å². The van der Waals surface area contributed by atoms with Crippen LogP contribution in [0.1, 0.15) is 27.2 Å². The van der Waals surface area contributed by atoms with Crippen LogP contribution < -0.4 is 5.32 Å². The molecule has 0 aromatic carbocycles. The summed E-state index contributed by atoms with van der Waals surface area (Å²) in [5, 5.41) is 10.6. The molecule has 0 rings (SSSR count). The Labute approximate surface area is 92.6 Å². The molecule has 6 heteroatoms. The van der Waals surface area contributed by atoms with Crippen LogP contribution in [0.2, 0.25) is 0 Å². The Morgan fingerprint density at radius 3 is 2.27 bits per heavy atom. The van der Waals surface area contributed by atoms with Crippen LogP contribution in [0.25, 0.3) is 0 Å². The molecule has 0 aromatic heterocycles. The lowest BCUT2D eigenvalue weighted by Crippen LogP contribution is -2.36. The maximum absolute atomic E-state index is 11.2. The molecule has 0 aliphatic rings. The molecule has 0 aromatic rings. The second-order valence-corrected chi connectivity index (χ2v) is 5.48. The van der Waals surface area contributed by atoms with Gasteiger partial charge in [-0.05, 0) is 13.8 Å². The van der Waals surface area contributed by atoms with Gasteiger partial charge in [0.15, 0.2) is 0 Å². The van der Waals surface area contributed by atoms with Crippen molar-refractivity contribution >= 4 is 28.8 Å². The molecule has 86 valence electrons. The van der Waals surface area contributed by atoms with Crippen LogP contribution in [-0.2, 0) is 14.4 Å². The van der Waals surface area contributed by atoms with Crippen molar-refractivity contribution in [3.8, 4) is 0 Å². The number of carbonyl (C=O) groups is 3. The van der Waals surface area contributed by atoms with Gasteiger partial charge in [0, 0.05) is 18.2 Å². The first kappa shape index (κ1) is 14.0. The number of aliphatic carboxylic acids is 1. The zero-order chi connectivity index (χ0) is 12.1. The highest BCUT2D eigenvalue weighted by Gasteiger charge is 2.24. The second kappa shape index (κ2) is 5.75. The molecule has 0 radical (unpaired) electrons. The third-order valence-electron chi connectivity index (χ3n) is 1.45. The number of carbonyl (C=O) groups excluding carboxylic acids is 2. The molecule has 0 spiro atoms. The average molecular weight is 233 g/mol. The lowest BCUT2D eigenvalue weighted by molar-refractivity contribution is -0.138. The van der Waals surface area contributed by atoms with Gasteiger partial charge in [0.25, 0.3) is 0 Å². The number of nitrogens with one attached hydrogen (secondary N) is 1. The third-order valence-corrected chi connectivity index (χ3v) is 2.52. The van der Waals surface area contributed by atoms with Crippen molar-refractivity contribution < 1.29 is 19.5 Å². The van der Waals surface area contributed by atoms with E-state index in [1.54, 1.807) is 13.8 Å².